The van der Waals surface area contributed by atoms with Crippen LogP contribution in [0, 0.1) is 17.5 Å². The normalized spacial score (nSPS) is 11.6. The van der Waals surface area contributed by atoms with Crippen LogP contribution in [-0.2, 0) is 27.3 Å². The highest BCUT2D eigenvalue weighted by molar-refractivity contribution is 5.72. The summed E-state index contributed by atoms with van der Waals surface area (Å²) in [5.74, 6) is -3.03. The Kier molecular flexibility index (Phi) is 13.1. The number of ether oxygens (including phenoxy) is 4. The van der Waals surface area contributed by atoms with E-state index in [0.29, 0.717) is 37.9 Å². The van der Waals surface area contributed by atoms with E-state index in [4.69, 9.17) is 18.9 Å². The van der Waals surface area contributed by atoms with Gasteiger partial charge in [-0.2, -0.15) is 0 Å². The van der Waals surface area contributed by atoms with Crippen LogP contribution in [0.25, 0.3) is 0 Å². The number of halogens is 3. The Morgan fingerprint density at radius 1 is 0.857 bits per heavy atom. The third kappa shape index (κ3) is 11.1. The first-order valence-electron chi connectivity index (χ1n) is 13.5. The van der Waals surface area contributed by atoms with Crippen molar-refractivity contribution < 1.29 is 46.8 Å². The van der Waals surface area contributed by atoms with Crippen molar-refractivity contribution in [3.8, 4) is 11.5 Å². The van der Waals surface area contributed by atoms with Crippen LogP contribution in [-0.4, -0.2) is 61.1 Å². The van der Waals surface area contributed by atoms with E-state index in [0.717, 1.165) is 23.3 Å². The molecule has 1 amide bonds. The molecule has 0 radical (unpaired) electrons. The molecule has 1 unspecified atom stereocenters. The van der Waals surface area contributed by atoms with Crippen molar-refractivity contribution in [3.05, 3.63) is 95.3 Å². The van der Waals surface area contributed by atoms with Gasteiger partial charge >= 0.3 is 12.1 Å². The highest BCUT2D eigenvalue weighted by Crippen LogP contribution is 2.19. The van der Waals surface area contributed by atoms with Crippen LogP contribution in [0.2, 0.25) is 0 Å². The number of carboxylic acids is 1. The van der Waals surface area contributed by atoms with Crippen LogP contribution in [0.4, 0.5) is 18.0 Å². The van der Waals surface area contributed by atoms with Crippen molar-refractivity contribution in [2.24, 2.45) is 0 Å². The SMILES string of the molecule is CCOC(Cc1ccc(OCCN(CCCCOCc2ccc(F)cc2)C(=O)Oc2ccc(F)cc2F)cc1)C(=O)O. The Morgan fingerprint density at radius 2 is 1.55 bits per heavy atom. The smallest absolute Gasteiger partial charge is 0.415 e. The first-order chi connectivity index (χ1) is 20.2. The third-order valence-corrected chi connectivity index (χ3v) is 6.12. The molecule has 0 spiro atoms. The number of benzene rings is 3. The summed E-state index contributed by atoms with van der Waals surface area (Å²) in [5.41, 5.74) is 1.60. The number of hydrogen-bond donors (Lipinski definition) is 1. The molecule has 42 heavy (non-hydrogen) atoms. The molecule has 1 N–H and O–H groups in total. The highest BCUT2D eigenvalue weighted by Gasteiger charge is 2.19. The molecule has 3 aromatic rings. The maximum atomic E-state index is 14.1. The van der Waals surface area contributed by atoms with Crippen molar-refractivity contribution in [2.75, 3.05) is 32.9 Å². The molecule has 0 aliphatic rings. The van der Waals surface area contributed by atoms with Gasteiger partial charge in [0.25, 0.3) is 0 Å². The predicted octanol–water partition coefficient (Wildman–Crippen LogP) is 6.01. The van der Waals surface area contributed by atoms with Crippen molar-refractivity contribution in [1.82, 2.24) is 4.90 Å². The zero-order chi connectivity index (χ0) is 30.3. The number of hydrogen-bond acceptors (Lipinski definition) is 6. The van der Waals surface area contributed by atoms with Gasteiger partial charge in [-0.3, -0.25) is 0 Å². The van der Waals surface area contributed by atoms with E-state index >= 15 is 0 Å². The summed E-state index contributed by atoms with van der Waals surface area (Å²) in [4.78, 5) is 25.5. The van der Waals surface area contributed by atoms with Gasteiger partial charge in [-0.25, -0.2) is 22.8 Å². The van der Waals surface area contributed by atoms with Gasteiger partial charge in [0.15, 0.2) is 17.7 Å². The van der Waals surface area contributed by atoms with Crippen LogP contribution in [0.3, 0.4) is 0 Å². The fourth-order valence-corrected chi connectivity index (χ4v) is 3.92. The van der Waals surface area contributed by atoms with Gasteiger partial charge in [0, 0.05) is 32.2 Å². The fourth-order valence-electron chi connectivity index (χ4n) is 3.92. The number of aliphatic carboxylic acids is 1. The lowest BCUT2D eigenvalue weighted by Crippen LogP contribution is -2.37. The summed E-state index contributed by atoms with van der Waals surface area (Å²) in [5, 5.41) is 9.27. The number of amides is 1. The summed E-state index contributed by atoms with van der Waals surface area (Å²) in [6, 6.07) is 15.5. The van der Waals surface area contributed by atoms with E-state index in [9.17, 15) is 27.9 Å². The topological polar surface area (TPSA) is 94.5 Å². The van der Waals surface area contributed by atoms with Gasteiger partial charge in [-0.15, -0.1) is 0 Å². The number of carbonyl (C=O) groups excluding carboxylic acids is 1. The molecule has 226 valence electrons. The van der Waals surface area contributed by atoms with Crippen LogP contribution in [0.5, 0.6) is 11.5 Å². The molecule has 3 aromatic carbocycles. The Labute approximate surface area is 242 Å². The third-order valence-electron chi connectivity index (χ3n) is 6.12. The molecule has 0 saturated carbocycles. The van der Waals surface area contributed by atoms with Gasteiger partial charge < -0.3 is 29.0 Å². The molecule has 8 nitrogen and oxygen atoms in total. The summed E-state index contributed by atoms with van der Waals surface area (Å²) in [6.07, 6.45) is -0.402. The lowest BCUT2D eigenvalue weighted by molar-refractivity contribution is -0.149. The number of nitrogens with zero attached hydrogens (tertiary/aromatic N) is 1. The second-order valence-corrected chi connectivity index (χ2v) is 9.29. The van der Waals surface area contributed by atoms with E-state index in [1.807, 2.05) is 0 Å². The summed E-state index contributed by atoms with van der Waals surface area (Å²) < 4.78 is 62.1. The molecule has 0 saturated heterocycles. The largest absolute Gasteiger partial charge is 0.492 e. The molecule has 0 aliphatic heterocycles. The molecule has 3 rings (SSSR count). The maximum Gasteiger partial charge on any atom is 0.415 e. The molecular formula is C31H34F3NO7. The molecule has 0 aliphatic carbocycles. The van der Waals surface area contributed by atoms with Gasteiger partial charge in [0.1, 0.15) is 24.0 Å². The van der Waals surface area contributed by atoms with Gasteiger partial charge in [-0.1, -0.05) is 24.3 Å². The lowest BCUT2D eigenvalue weighted by Gasteiger charge is -2.22. The molecule has 0 bridgehead atoms. The summed E-state index contributed by atoms with van der Waals surface area (Å²) in [7, 11) is 0. The van der Waals surface area contributed by atoms with Crippen molar-refractivity contribution in [2.45, 2.75) is 38.9 Å². The monoisotopic (exact) mass is 589 g/mol. The number of carbonyl (C=O) groups is 2. The first-order valence-corrected chi connectivity index (χ1v) is 13.5. The van der Waals surface area contributed by atoms with E-state index in [2.05, 4.69) is 0 Å². The second kappa shape index (κ2) is 17.0. The second-order valence-electron chi connectivity index (χ2n) is 9.29. The van der Waals surface area contributed by atoms with E-state index in [1.165, 1.54) is 17.0 Å². The van der Waals surface area contributed by atoms with Crippen molar-refractivity contribution in [1.29, 1.82) is 0 Å². The summed E-state index contributed by atoms with van der Waals surface area (Å²) >= 11 is 0. The average Bonchev–Trinajstić information content (AvgIpc) is 2.96. The minimum absolute atomic E-state index is 0.0953. The maximum absolute atomic E-state index is 14.1. The highest BCUT2D eigenvalue weighted by atomic mass is 19.1. The predicted molar refractivity (Wildman–Crippen MR) is 148 cm³/mol. The van der Waals surface area contributed by atoms with Gasteiger partial charge in [0.05, 0.1) is 13.2 Å². The Balaban J connectivity index is 1.51. The fraction of sp³-hybridized carbons (Fsp3) is 0.355. The van der Waals surface area contributed by atoms with E-state index in [-0.39, 0.29) is 38.5 Å². The Hall–Kier alpha value is -4.09. The minimum Gasteiger partial charge on any atom is -0.492 e. The lowest BCUT2D eigenvalue weighted by atomic mass is 10.1. The average molecular weight is 590 g/mol. The Bertz CT molecular complexity index is 1270. The quantitative estimate of drug-likeness (QED) is 0.193. The van der Waals surface area contributed by atoms with Crippen LogP contribution < -0.4 is 9.47 Å². The number of unbranched alkanes of at least 4 members (excludes halogenated alkanes) is 1. The van der Waals surface area contributed by atoms with Crippen LogP contribution >= 0.6 is 0 Å². The molecule has 0 heterocycles. The number of carboxylic acid groups (broad SMARTS) is 1. The zero-order valence-corrected chi connectivity index (χ0v) is 23.3. The molecular weight excluding hydrogens is 555 g/mol. The minimum atomic E-state index is -1.04. The van der Waals surface area contributed by atoms with Crippen molar-refractivity contribution >= 4 is 12.1 Å². The van der Waals surface area contributed by atoms with Crippen molar-refractivity contribution in [3.63, 3.8) is 0 Å². The number of rotatable bonds is 17. The molecule has 0 fully saturated rings. The van der Waals surface area contributed by atoms with Gasteiger partial charge in [-0.05, 0) is 67.3 Å². The van der Waals surface area contributed by atoms with Crippen LogP contribution in [0.15, 0.2) is 66.7 Å². The van der Waals surface area contributed by atoms with E-state index in [1.54, 1.807) is 43.3 Å². The molecule has 11 heteroatoms. The van der Waals surface area contributed by atoms with E-state index < -0.39 is 35.6 Å². The first kappa shape index (κ1) is 32.4. The van der Waals surface area contributed by atoms with Crippen LogP contribution in [0.1, 0.15) is 30.9 Å². The molecule has 0 aromatic heterocycles. The zero-order valence-electron chi connectivity index (χ0n) is 23.3. The standard InChI is InChI=1S/C31H34F3NO7/c1-2-40-29(30(36)37)19-22-7-12-26(13-8-22)41-18-16-35(31(38)42-28-14-11-25(33)20-27(28)34)15-3-4-17-39-21-23-5-9-24(32)10-6-23/h5-14,20,29H,2-4,15-19,21H2,1H3,(H,36,37). The molecule has 1 atom stereocenters. The summed E-state index contributed by atoms with van der Waals surface area (Å²) in [6.45, 7) is 3.22. The Morgan fingerprint density at radius 3 is 2.21 bits per heavy atom. The van der Waals surface area contributed by atoms with Gasteiger partial charge in [0.2, 0.25) is 0 Å².